The molecule has 0 unspecified atom stereocenters. The number of anilines is 1. The lowest BCUT2D eigenvalue weighted by atomic mass is 9.64. The number of esters is 1. The number of hydrogen-bond donors (Lipinski definition) is 0. The zero-order chi connectivity index (χ0) is 25.2. The minimum Gasteiger partial charge on any atom is -0.424 e. The molecule has 2 aliphatic heterocycles. The Morgan fingerprint density at radius 3 is 2.08 bits per heavy atom. The fraction of sp³-hybridized carbons (Fsp3) is 0.200. The minimum absolute atomic E-state index is 0.179. The zero-order valence-electron chi connectivity index (χ0n) is 19.8. The Kier molecular flexibility index (Phi) is 4.83. The number of para-hydroxylation sites is 1. The van der Waals surface area contributed by atoms with Crippen molar-refractivity contribution in [2.24, 2.45) is 5.41 Å². The quantitative estimate of drug-likeness (QED) is 0.311. The Morgan fingerprint density at radius 1 is 0.833 bits per heavy atom. The number of carbonyl (C=O) groups excluding carboxylic acids is 4. The van der Waals surface area contributed by atoms with Gasteiger partial charge in [0.15, 0.2) is 23.1 Å². The number of benzene rings is 3. The molecule has 0 amide bonds. The van der Waals surface area contributed by atoms with E-state index in [1.54, 1.807) is 36.4 Å². The van der Waals surface area contributed by atoms with Crippen LogP contribution in [0, 0.1) is 5.41 Å². The molecule has 3 aromatic rings. The molecule has 0 bridgehead atoms. The third-order valence-electron chi connectivity index (χ3n) is 7.62. The van der Waals surface area contributed by atoms with Gasteiger partial charge < -0.3 is 9.64 Å². The first-order valence-corrected chi connectivity index (χ1v) is 11.9. The predicted octanol–water partition coefficient (Wildman–Crippen LogP) is 4.63. The number of carbonyl (C=O) groups is 4. The molecule has 0 radical (unpaired) electrons. The third kappa shape index (κ3) is 2.78. The maximum atomic E-state index is 14.3. The van der Waals surface area contributed by atoms with Gasteiger partial charge in [-0.05, 0) is 18.6 Å². The Bertz CT molecular complexity index is 1450. The molecule has 36 heavy (non-hydrogen) atoms. The monoisotopic (exact) mass is 477 g/mol. The first-order chi connectivity index (χ1) is 17.4. The molecule has 178 valence electrons. The molecule has 0 aromatic heterocycles. The van der Waals surface area contributed by atoms with E-state index in [1.165, 1.54) is 13.8 Å². The van der Waals surface area contributed by atoms with Gasteiger partial charge in [-0.1, -0.05) is 78.9 Å². The lowest BCUT2D eigenvalue weighted by molar-refractivity contribution is -0.131. The topological polar surface area (TPSA) is 80.8 Å². The number of fused-ring (bicyclic) bond motifs is 5. The Hall–Kier alpha value is -4.32. The molecule has 6 nitrogen and oxygen atoms in total. The summed E-state index contributed by atoms with van der Waals surface area (Å²) in [6, 6.07) is 19.9. The number of rotatable bonds is 3. The smallest absolute Gasteiger partial charge is 0.308 e. The second-order valence-corrected chi connectivity index (χ2v) is 9.52. The van der Waals surface area contributed by atoms with Crippen molar-refractivity contribution in [2.75, 3.05) is 4.90 Å². The standard InChI is InChI=1S/C30H23NO5/c1-17(32)26-25(19-9-4-3-5-10-19)30(28(34)21-12-6-7-13-22(21)29(30)35)24-16-15-20-11-8-14-23(36-18(2)33)27(20)31(24)26/h3-16,24-26H,1-2H3/t24-,25+,26-/m1/s1. The van der Waals surface area contributed by atoms with E-state index < -0.39 is 29.4 Å². The van der Waals surface area contributed by atoms with Crippen LogP contribution >= 0.6 is 0 Å². The average molecular weight is 478 g/mol. The first kappa shape index (κ1) is 22.2. The van der Waals surface area contributed by atoms with Crippen molar-refractivity contribution in [3.8, 4) is 5.75 Å². The summed E-state index contributed by atoms with van der Waals surface area (Å²) in [5.74, 6) is -1.69. The number of nitrogens with zero attached hydrogens (tertiary/aromatic N) is 1. The van der Waals surface area contributed by atoms with Gasteiger partial charge in [0, 0.05) is 29.5 Å². The number of hydrogen-bond acceptors (Lipinski definition) is 6. The van der Waals surface area contributed by atoms with Crippen LogP contribution in [0.5, 0.6) is 5.75 Å². The van der Waals surface area contributed by atoms with Crippen molar-refractivity contribution in [3.05, 3.63) is 101 Å². The highest BCUT2D eigenvalue weighted by Gasteiger charge is 2.71. The number of ether oxygens (including phenoxy) is 1. The van der Waals surface area contributed by atoms with Crippen molar-refractivity contribution < 1.29 is 23.9 Å². The van der Waals surface area contributed by atoms with Gasteiger partial charge >= 0.3 is 5.97 Å². The summed E-state index contributed by atoms with van der Waals surface area (Å²) in [6.45, 7) is 2.80. The molecule has 3 aliphatic rings. The summed E-state index contributed by atoms with van der Waals surface area (Å²) in [7, 11) is 0. The summed E-state index contributed by atoms with van der Waals surface area (Å²) in [6.07, 6.45) is 3.69. The van der Waals surface area contributed by atoms with Crippen LogP contribution in [0.4, 0.5) is 5.69 Å². The van der Waals surface area contributed by atoms with Crippen LogP contribution in [0.2, 0.25) is 0 Å². The van der Waals surface area contributed by atoms with Gasteiger partial charge in [0.1, 0.15) is 5.41 Å². The second-order valence-electron chi connectivity index (χ2n) is 9.52. The van der Waals surface area contributed by atoms with Gasteiger partial charge in [-0.25, -0.2) is 0 Å². The van der Waals surface area contributed by atoms with Gasteiger partial charge in [-0.2, -0.15) is 0 Å². The van der Waals surface area contributed by atoms with Crippen LogP contribution in [0.25, 0.3) is 6.08 Å². The van der Waals surface area contributed by atoms with Gasteiger partial charge in [0.05, 0.1) is 17.8 Å². The molecule has 0 saturated carbocycles. The third-order valence-corrected chi connectivity index (χ3v) is 7.62. The Morgan fingerprint density at radius 2 is 1.47 bits per heavy atom. The molecular formula is C30H23NO5. The molecule has 6 rings (SSSR count). The molecule has 1 fully saturated rings. The Balaban J connectivity index is 1.68. The van der Waals surface area contributed by atoms with Crippen molar-refractivity contribution in [3.63, 3.8) is 0 Å². The minimum atomic E-state index is -1.54. The largest absolute Gasteiger partial charge is 0.424 e. The molecule has 1 saturated heterocycles. The highest BCUT2D eigenvalue weighted by atomic mass is 16.5. The van der Waals surface area contributed by atoms with Crippen molar-refractivity contribution in [1.82, 2.24) is 0 Å². The summed E-state index contributed by atoms with van der Waals surface area (Å²) in [4.78, 5) is 55.9. The van der Waals surface area contributed by atoms with E-state index in [1.807, 2.05) is 53.5 Å². The molecule has 0 N–H and O–H groups in total. The highest BCUT2D eigenvalue weighted by Crippen LogP contribution is 2.61. The van der Waals surface area contributed by atoms with E-state index >= 15 is 0 Å². The molecule has 2 heterocycles. The lowest BCUT2D eigenvalue weighted by Gasteiger charge is -2.37. The van der Waals surface area contributed by atoms with E-state index in [0.717, 1.165) is 11.1 Å². The summed E-state index contributed by atoms with van der Waals surface area (Å²) >= 11 is 0. The molecule has 3 atom stereocenters. The SMILES string of the molecule is CC(=O)Oc1cccc2c1N1[C@H](C(C)=O)[C@H](c3ccccc3)C3(C(=O)c4ccccc4C3=O)[C@H]1C=C2. The van der Waals surface area contributed by atoms with Crippen LogP contribution in [-0.2, 0) is 9.59 Å². The van der Waals surface area contributed by atoms with Crippen LogP contribution in [0.1, 0.15) is 51.6 Å². The number of Topliss-reactive ketones (excluding diaryl/α,β-unsaturated/α-hetero) is 3. The molecule has 3 aromatic carbocycles. The van der Waals surface area contributed by atoms with Gasteiger partial charge in [0.25, 0.3) is 0 Å². The van der Waals surface area contributed by atoms with E-state index in [0.29, 0.717) is 22.6 Å². The molecule has 1 spiro atoms. The fourth-order valence-corrected chi connectivity index (χ4v) is 6.41. The molecule has 6 heteroatoms. The average Bonchev–Trinajstić information content (AvgIpc) is 3.31. The number of ketones is 3. The van der Waals surface area contributed by atoms with Crippen molar-refractivity contribution in [2.45, 2.75) is 31.8 Å². The zero-order valence-corrected chi connectivity index (χ0v) is 19.8. The van der Waals surface area contributed by atoms with Gasteiger partial charge in [-0.15, -0.1) is 0 Å². The van der Waals surface area contributed by atoms with E-state index in [-0.39, 0.29) is 17.3 Å². The summed E-state index contributed by atoms with van der Waals surface area (Å²) < 4.78 is 5.56. The van der Waals surface area contributed by atoms with Gasteiger partial charge in [0.2, 0.25) is 0 Å². The Labute approximate surface area is 208 Å². The highest BCUT2D eigenvalue weighted by molar-refractivity contribution is 6.32. The normalized spacial score (nSPS) is 22.8. The van der Waals surface area contributed by atoms with E-state index in [2.05, 4.69) is 0 Å². The summed E-state index contributed by atoms with van der Waals surface area (Å²) in [5.41, 5.74) is 1.23. The fourth-order valence-electron chi connectivity index (χ4n) is 6.41. The predicted molar refractivity (Wildman–Crippen MR) is 134 cm³/mol. The van der Waals surface area contributed by atoms with Crippen LogP contribution in [-0.4, -0.2) is 35.4 Å². The molecule has 1 aliphatic carbocycles. The van der Waals surface area contributed by atoms with Crippen molar-refractivity contribution >= 4 is 35.1 Å². The van der Waals surface area contributed by atoms with E-state index in [4.69, 9.17) is 4.74 Å². The van der Waals surface area contributed by atoms with Crippen LogP contribution < -0.4 is 9.64 Å². The molecular weight excluding hydrogens is 454 g/mol. The summed E-state index contributed by atoms with van der Waals surface area (Å²) in [5, 5.41) is 0. The van der Waals surface area contributed by atoms with Crippen LogP contribution in [0.3, 0.4) is 0 Å². The lowest BCUT2D eigenvalue weighted by Crippen LogP contribution is -2.48. The van der Waals surface area contributed by atoms with E-state index in [9.17, 15) is 19.2 Å². The first-order valence-electron chi connectivity index (χ1n) is 11.9. The van der Waals surface area contributed by atoms with Crippen molar-refractivity contribution in [1.29, 1.82) is 0 Å². The second kappa shape index (κ2) is 7.85. The van der Waals surface area contributed by atoms with Gasteiger partial charge in [-0.3, -0.25) is 19.2 Å². The maximum absolute atomic E-state index is 14.3. The van der Waals surface area contributed by atoms with Crippen LogP contribution in [0.15, 0.2) is 78.9 Å². The maximum Gasteiger partial charge on any atom is 0.308 e.